The number of rotatable bonds is 6. The Labute approximate surface area is 110 Å². The Morgan fingerprint density at radius 3 is 3.06 bits per heavy atom. The van der Waals surface area contributed by atoms with Crippen LogP contribution < -0.4 is 15.8 Å². The topological polar surface area (TPSA) is 88.8 Å². The minimum absolute atomic E-state index is 0.440. The van der Waals surface area contributed by atoms with Gasteiger partial charge in [-0.25, -0.2) is 0 Å². The summed E-state index contributed by atoms with van der Waals surface area (Å²) in [6.07, 6.45) is 3.88. The summed E-state index contributed by atoms with van der Waals surface area (Å²) >= 11 is 1.32. The van der Waals surface area contributed by atoms with Crippen molar-refractivity contribution in [1.29, 1.82) is 0 Å². The summed E-state index contributed by atoms with van der Waals surface area (Å²) in [6.45, 7) is 2.88. The number of nitrogens with two attached hydrogens (primary N) is 1. The second-order valence-corrected chi connectivity index (χ2v) is 4.75. The van der Waals surface area contributed by atoms with Gasteiger partial charge in [-0.05, 0) is 36.9 Å². The van der Waals surface area contributed by atoms with Crippen molar-refractivity contribution in [3.05, 3.63) is 17.5 Å². The summed E-state index contributed by atoms with van der Waals surface area (Å²) in [5, 5.41) is 11.1. The Bertz CT molecular complexity index is 507. The standard InChI is InChI=1S/C11H17N5OS/c1-7-8(6-14-15-7)4-3-5-13-11-9(17-2)10(12)16-18-11/h6,13H,3-5H2,1-2H3,(H2,12,16)(H,14,15). The normalized spacial score (nSPS) is 10.6. The molecule has 7 heteroatoms. The molecule has 0 saturated carbocycles. The number of anilines is 2. The van der Waals surface area contributed by atoms with Crippen LogP contribution in [-0.4, -0.2) is 28.2 Å². The van der Waals surface area contributed by atoms with Gasteiger partial charge in [0.2, 0.25) is 0 Å². The number of hydrogen-bond acceptors (Lipinski definition) is 6. The fourth-order valence-electron chi connectivity index (χ4n) is 1.71. The van der Waals surface area contributed by atoms with E-state index in [-0.39, 0.29) is 0 Å². The van der Waals surface area contributed by atoms with Crippen LogP contribution in [0.5, 0.6) is 5.75 Å². The van der Waals surface area contributed by atoms with E-state index in [0.717, 1.165) is 30.1 Å². The number of nitrogen functional groups attached to an aromatic ring is 1. The van der Waals surface area contributed by atoms with E-state index in [1.54, 1.807) is 7.11 Å². The van der Waals surface area contributed by atoms with Gasteiger partial charge in [-0.2, -0.15) is 9.47 Å². The van der Waals surface area contributed by atoms with Crippen LogP contribution in [0.2, 0.25) is 0 Å². The van der Waals surface area contributed by atoms with Crippen LogP contribution in [0.4, 0.5) is 10.8 Å². The molecular weight excluding hydrogens is 250 g/mol. The number of aromatic amines is 1. The second-order valence-electron chi connectivity index (χ2n) is 3.98. The molecule has 2 rings (SSSR count). The maximum atomic E-state index is 5.68. The van der Waals surface area contributed by atoms with Gasteiger partial charge in [-0.1, -0.05) is 0 Å². The maximum Gasteiger partial charge on any atom is 0.197 e. The number of hydrogen-bond donors (Lipinski definition) is 3. The Kier molecular flexibility index (Phi) is 4.03. The molecule has 2 aromatic rings. The van der Waals surface area contributed by atoms with Crippen LogP contribution in [0.1, 0.15) is 17.7 Å². The van der Waals surface area contributed by atoms with E-state index in [1.807, 2.05) is 13.1 Å². The van der Waals surface area contributed by atoms with Crippen molar-refractivity contribution >= 4 is 22.4 Å². The van der Waals surface area contributed by atoms with Crippen LogP contribution in [0.25, 0.3) is 0 Å². The lowest BCUT2D eigenvalue weighted by Crippen LogP contribution is -2.03. The zero-order valence-corrected chi connectivity index (χ0v) is 11.3. The van der Waals surface area contributed by atoms with E-state index in [4.69, 9.17) is 10.5 Å². The monoisotopic (exact) mass is 267 g/mol. The Balaban J connectivity index is 1.80. The highest BCUT2D eigenvalue weighted by atomic mass is 32.1. The molecular formula is C11H17N5OS. The van der Waals surface area contributed by atoms with Crippen molar-refractivity contribution in [2.75, 3.05) is 24.7 Å². The Morgan fingerprint density at radius 2 is 2.39 bits per heavy atom. The number of H-pyrrole nitrogens is 1. The molecule has 0 spiro atoms. The predicted octanol–water partition coefficient (Wildman–Crippen LogP) is 1.81. The molecule has 0 radical (unpaired) electrons. The smallest absolute Gasteiger partial charge is 0.197 e. The fourth-order valence-corrected chi connectivity index (χ4v) is 2.42. The average molecular weight is 267 g/mol. The molecule has 0 aliphatic heterocycles. The summed E-state index contributed by atoms with van der Waals surface area (Å²) in [5.41, 5.74) is 8.07. The summed E-state index contributed by atoms with van der Waals surface area (Å²) in [4.78, 5) is 0. The van der Waals surface area contributed by atoms with Gasteiger partial charge in [-0.3, -0.25) is 5.10 Å². The minimum atomic E-state index is 0.440. The van der Waals surface area contributed by atoms with Crippen LogP contribution in [-0.2, 0) is 6.42 Å². The molecule has 0 amide bonds. The van der Waals surface area contributed by atoms with Gasteiger partial charge in [0.05, 0.1) is 13.3 Å². The number of aryl methyl sites for hydroxylation is 2. The van der Waals surface area contributed by atoms with Gasteiger partial charge < -0.3 is 15.8 Å². The van der Waals surface area contributed by atoms with Crippen molar-refractivity contribution in [2.45, 2.75) is 19.8 Å². The highest BCUT2D eigenvalue weighted by Gasteiger charge is 2.10. The minimum Gasteiger partial charge on any atom is -0.490 e. The molecule has 18 heavy (non-hydrogen) atoms. The first-order valence-corrected chi connectivity index (χ1v) is 6.51. The van der Waals surface area contributed by atoms with E-state index in [9.17, 15) is 0 Å². The molecule has 0 aliphatic carbocycles. The van der Waals surface area contributed by atoms with Gasteiger partial charge >= 0.3 is 0 Å². The van der Waals surface area contributed by atoms with Gasteiger partial charge in [0.15, 0.2) is 16.6 Å². The Morgan fingerprint density at radius 1 is 1.56 bits per heavy atom. The van der Waals surface area contributed by atoms with Crippen LogP contribution in [0, 0.1) is 6.92 Å². The zero-order valence-electron chi connectivity index (χ0n) is 10.5. The largest absolute Gasteiger partial charge is 0.490 e. The van der Waals surface area contributed by atoms with Gasteiger partial charge in [-0.15, -0.1) is 0 Å². The first-order chi connectivity index (χ1) is 8.72. The van der Waals surface area contributed by atoms with E-state index in [1.165, 1.54) is 17.1 Å². The molecule has 98 valence electrons. The third kappa shape index (κ3) is 2.73. The lowest BCUT2D eigenvalue weighted by molar-refractivity contribution is 0.419. The van der Waals surface area contributed by atoms with E-state index in [0.29, 0.717) is 11.6 Å². The Hall–Kier alpha value is -1.76. The third-order valence-electron chi connectivity index (χ3n) is 2.72. The highest BCUT2D eigenvalue weighted by molar-refractivity contribution is 7.11. The lowest BCUT2D eigenvalue weighted by Gasteiger charge is -2.05. The van der Waals surface area contributed by atoms with E-state index in [2.05, 4.69) is 19.9 Å². The van der Waals surface area contributed by atoms with E-state index >= 15 is 0 Å². The summed E-state index contributed by atoms with van der Waals surface area (Å²) in [5.74, 6) is 1.08. The number of methoxy groups -OCH3 is 1. The molecule has 0 bridgehead atoms. The highest BCUT2D eigenvalue weighted by Crippen LogP contribution is 2.34. The second kappa shape index (κ2) is 5.72. The molecule has 0 atom stereocenters. The fraction of sp³-hybridized carbons (Fsp3) is 0.455. The summed E-state index contributed by atoms with van der Waals surface area (Å²) in [7, 11) is 1.60. The SMILES string of the molecule is COc1c(N)nsc1NCCCc1cn[nH]c1C. The average Bonchev–Trinajstić information content (AvgIpc) is 2.91. The van der Waals surface area contributed by atoms with E-state index < -0.39 is 0 Å². The van der Waals surface area contributed by atoms with Gasteiger partial charge in [0.1, 0.15) is 0 Å². The first kappa shape index (κ1) is 12.7. The first-order valence-electron chi connectivity index (χ1n) is 5.74. The van der Waals surface area contributed by atoms with Crippen molar-refractivity contribution in [2.24, 2.45) is 0 Å². The van der Waals surface area contributed by atoms with Crippen LogP contribution in [0.3, 0.4) is 0 Å². The quantitative estimate of drug-likeness (QED) is 0.695. The van der Waals surface area contributed by atoms with Crippen molar-refractivity contribution < 1.29 is 4.74 Å². The number of aromatic nitrogens is 3. The molecule has 0 unspecified atom stereocenters. The lowest BCUT2D eigenvalue weighted by atomic mass is 10.1. The van der Waals surface area contributed by atoms with Crippen molar-refractivity contribution in [3.63, 3.8) is 0 Å². The molecule has 2 heterocycles. The molecule has 0 fully saturated rings. The molecule has 6 nitrogen and oxygen atoms in total. The van der Waals surface area contributed by atoms with Gasteiger partial charge in [0, 0.05) is 12.2 Å². The predicted molar refractivity (Wildman–Crippen MR) is 73.2 cm³/mol. The molecule has 2 aromatic heterocycles. The summed E-state index contributed by atoms with van der Waals surface area (Å²) < 4.78 is 9.23. The number of nitrogens with one attached hydrogen (secondary N) is 2. The maximum absolute atomic E-state index is 5.68. The van der Waals surface area contributed by atoms with Gasteiger partial charge in [0.25, 0.3) is 0 Å². The molecule has 0 saturated heterocycles. The molecule has 4 N–H and O–H groups in total. The third-order valence-corrected chi connectivity index (χ3v) is 3.52. The number of nitrogens with zero attached hydrogens (tertiary/aromatic N) is 2. The van der Waals surface area contributed by atoms with Crippen molar-refractivity contribution in [1.82, 2.24) is 14.6 Å². The zero-order chi connectivity index (χ0) is 13.0. The molecule has 0 aromatic carbocycles. The van der Waals surface area contributed by atoms with Crippen LogP contribution in [0.15, 0.2) is 6.20 Å². The van der Waals surface area contributed by atoms with Crippen molar-refractivity contribution in [3.8, 4) is 5.75 Å². The molecule has 0 aliphatic rings. The number of ether oxygens (including phenoxy) is 1. The summed E-state index contributed by atoms with van der Waals surface area (Å²) in [6, 6.07) is 0. The van der Waals surface area contributed by atoms with Crippen LogP contribution >= 0.6 is 11.5 Å².